The zero-order valence-corrected chi connectivity index (χ0v) is 10.8. The number of pyridine rings is 1. The van der Waals surface area contributed by atoms with Gasteiger partial charge in [-0.2, -0.15) is 4.98 Å². The summed E-state index contributed by atoms with van der Waals surface area (Å²) in [7, 11) is 3.81. The van der Waals surface area contributed by atoms with Crippen LogP contribution < -0.4 is 10.1 Å². The van der Waals surface area contributed by atoms with Crippen LogP contribution >= 0.6 is 0 Å². The molecule has 0 aliphatic carbocycles. The maximum absolute atomic E-state index is 10.8. The molecule has 18 heavy (non-hydrogen) atoms. The number of nitrogens with one attached hydrogen (secondary N) is 1. The molecule has 0 saturated heterocycles. The summed E-state index contributed by atoms with van der Waals surface area (Å²) in [5.41, 5.74) is -0.115. The predicted molar refractivity (Wildman–Crippen MR) is 69.1 cm³/mol. The molecular formula is C11H18N4O3. The smallest absolute Gasteiger partial charge is 0.331 e. The van der Waals surface area contributed by atoms with Crippen molar-refractivity contribution in [3.63, 3.8) is 0 Å². The van der Waals surface area contributed by atoms with Crippen molar-refractivity contribution in [3.8, 4) is 5.88 Å². The van der Waals surface area contributed by atoms with E-state index in [2.05, 4.69) is 10.3 Å². The van der Waals surface area contributed by atoms with Crippen LogP contribution in [0.5, 0.6) is 5.88 Å². The molecule has 0 saturated carbocycles. The van der Waals surface area contributed by atoms with Crippen molar-refractivity contribution in [3.05, 3.63) is 22.2 Å². The number of nitrogens with zero attached hydrogens (tertiary/aromatic N) is 3. The van der Waals surface area contributed by atoms with Gasteiger partial charge < -0.3 is 15.0 Å². The predicted octanol–water partition coefficient (Wildman–Crippen LogP) is 1.36. The second-order valence-electron chi connectivity index (χ2n) is 3.96. The Hall–Kier alpha value is -1.89. The highest BCUT2D eigenvalue weighted by atomic mass is 16.6. The zero-order chi connectivity index (χ0) is 13.5. The first-order valence-corrected chi connectivity index (χ1v) is 5.71. The lowest BCUT2D eigenvalue weighted by Crippen LogP contribution is -2.20. The number of likely N-dealkylation sites (N-methyl/N-ethyl adjacent to an activating group) is 1. The summed E-state index contributed by atoms with van der Waals surface area (Å²) >= 11 is 0. The van der Waals surface area contributed by atoms with Gasteiger partial charge in [0.2, 0.25) is 0 Å². The minimum absolute atomic E-state index is 0.0558. The summed E-state index contributed by atoms with van der Waals surface area (Å²) < 4.78 is 5.36. The van der Waals surface area contributed by atoms with Gasteiger partial charge in [0.25, 0.3) is 5.88 Å². The quantitative estimate of drug-likeness (QED) is 0.584. The van der Waals surface area contributed by atoms with Crippen LogP contribution in [-0.2, 0) is 0 Å². The number of aromatic nitrogens is 1. The van der Waals surface area contributed by atoms with Crippen LogP contribution in [0.15, 0.2) is 12.1 Å². The molecule has 0 unspecified atom stereocenters. The number of hydrogen-bond donors (Lipinski definition) is 1. The molecule has 7 nitrogen and oxygen atoms in total. The molecule has 1 aromatic heterocycles. The molecule has 0 fully saturated rings. The highest BCUT2D eigenvalue weighted by molar-refractivity contribution is 5.49. The molecule has 0 aliphatic heterocycles. The summed E-state index contributed by atoms with van der Waals surface area (Å²) in [4.78, 5) is 16.4. The Kier molecular flexibility index (Phi) is 5.31. The van der Waals surface area contributed by atoms with Crippen molar-refractivity contribution < 1.29 is 9.66 Å². The molecule has 0 atom stereocenters. The van der Waals surface area contributed by atoms with E-state index in [0.29, 0.717) is 25.5 Å². The molecule has 0 spiro atoms. The van der Waals surface area contributed by atoms with Crippen LogP contribution in [0, 0.1) is 10.1 Å². The average Bonchev–Trinajstić information content (AvgIpc) is 2.29. The number of hydrogen-bond acceptors (Lipinski definition) is 6. The van der Waals surface area contributed by atoms with Crippen molar-refractivity contribution in [1.82, 2.24) is 9.88 Å². The minimum Gasteiger partial charge on any atom is -0.471 e. The van der Waals surface area contributed by atoms with Gasteiger partial charge in [0, 0.05) is 19.2 Å². The Morgan fingerprint density at radius 2 is 2.22 bits per heavy atom. The first-order valence-electron chi connectivity index (χ1n) is 5.71. The van der Waals surface area contributed by atoms with E-state index in [4.69, 9.17) is 4.74 Å². The van der Waals surface area contributed by atoms with E-state index < -0.39 is 4.92 Å². The second kappa shape index (κ2) is 6.75. The maximum Gasteiger partial charge on any atom is 0.331 e. The van der Waals surface area contributed by atoms with Crippen LogP contribution in [0.3, 0.4) is 0 Å². The van der Waals surface area contributed by atoms with Crippen LogP contribution in [0.4, 0.5) is 11.5 Å². The van der Waals surface area contributed by atoms with E-state index >= 15 is 0 Å². The van der Waals surface area contributed by atoms with Crippen molar-refractivity contribution >= 4 is 11.5 Å². The Morgan fingerprint density at radius 3 is 2.78 bits per heavy atom. The van der Waals surface area contributed by atoms with Crippen LogP contribution in [0.1, 0.15) is 6.92 Å². The maximum atomic E-state index is 10.8. The van der Waals surface area contributed by atoms with E-state index in [-0.39, 0.29) is 11.6 Å². The zero-order valence-electron chi connectivity index (χ0n) is 10.8. The third-order valence-electron chi connectivity index (χ3n) is 2.17. The van der Waals surface area contributed by atoms with Gasteiger partial charge in [0.15, 0.2) is 0 Å². The van der Waals surface area contributed by atoms with E-state index in [1.54, 1.807) is 6.07 Å². The Balaban J connectivity index is 2.82. The van der Waals surface area contributed by atoms with Crippen molar-refractivity contribution in [1.29, 1.82) is 0 Å². The van der Waals surface area contributed by atoms with Gasteiger partial charge in [-0.15, -0.1) is 0 Å². The highest BCUT2D eigenvalue weighted by Crippen LogP contribution is 2.26. The molecule has 100 valence electrons. The number of rotatable bonds is 7. The van der Waals surface area contributed by atoms with Gasteiger partial charge in [-0.3, -0.25) is 10.1 Å². The lowest BCUT2D eigenvalue weighted by atomic mass is 10.4. The summed E-state index contributed by atoms with van der Waals surface area (Å²) in [6.07, 6.45) is 0. The molecule has 0 radical (unpaired) electrons. The first kappa shape index (κ1) is 14.2. The third kappa shape index (κ3) is 4.17. The van der Waals surface area contributed by atoms with Gasteiger partial charge in [-0.1, -0.05) is 0 Å². The van der Waals surface area contributed by atoms with Crippen molar-refractivity contribution in [2.24, 2.45) is 0 Å². The Bertz CT molecular complexity index is 409. The third-order valence-corrected chi connectivity index (χ3v) is 2.17. The molecule has 1 rings (SSSR count). The lowest BCUT2D eigenvalue weighted by molar-refractivity contribution is -0.386. The van der Waals surface area contributed by atoms with Gasteiger partial charge in [-0.25, -0.2) is 0 Å². The van der Waals surface area contributed by atoms with E-state index in [9.17, 15) is 10.1 Å². The summed E-state index contributed by atoms with van der Waals surface area (Å²) in [6.45, 7) is 3.65. The lowest BCUT2D eigenvalue weighted by Gasteiger charge is -2.11. The van der Waals surface area contributed by atoms with Crippen molar-refractivity contribution in [2.45, 2.75) is 6.92 Å². The minimum atomic E-state index is -0.492. The molecule has 7 heteroatoms. The summed E-state index contributed by atoms with van der Waals surface area (Å²) in [6, 6.07) is 2.97. The van der Waals surface area contributed by atoms with Gasteiger partial charge >= 0.3 is 5.69 Å². The number of ether oxygens (including phenoxy) is 1. The topological polar surface area (TPSA) is 80.5 Å². The molecule has 0 bridgehead atoms. The second-order valence-corrected chi connectivity index (χ2v) is 3.96. The molecule has 0 amide bonds. The van der Waals surface area contributed by atoms with Crippen LogP contribution in [0.2, 0.25) is 0 Å². The van der Waals surface area contributed by atoms with E-state index in [1.807, 2.05) is 25.9 Å². The molecular weight excluding hydrogens is 236 g/mol. The molecule has 1 N–H and O–H groups in total. The van der Waals surface area contributed by atoms with E-state index in [1.165, 1.54) is 6.07 Å². The van der Waals surface area contributed by atoms with Gasteiger partial charge in [0.05, 0.1) is 4.92 Å². The van der Waals surface area contributed by atoms with Gasteiger partial charge in [-0.05, 0) is 27.1 Å². The van der Waals surface area contributed by atoms with Crippen molar-refractivity contribution in [2.75, 3.05) is 39.1 Å². The van der Waals surface area contributed by atoms with Crippen LogP contribution in [-0.4, -0.2) is 48.6 Å². The summed E-state index contributed by atoms with van der Waals surface area (Å²) in [5, 5.41) is 13.8. The number of anilines is 1. The molecule has 1 aromatic rings. The Morgan fingerprint density at radius 1 is 1.50 bits per heavy atom. The fourth-order valence-electron chi connectivity index (χ4n) is 1.28. The van der Waals surface area contributed by atoms with Crippen LogP contribution in [0.25, 0.3) is 0 Å². The SMILES string of the molecule is CCNc1ccc([N+](=O)[O-])c(OCCN(C)C)n1. The monoisotopic (exact) mass is 254 g/mol. The average molecular weight is 254 g/mol. The Labute approximate surface area is 106 Å². The number of nitro groups is 1. The molecule has 0 aliphatic rings. The highest BCUT2D eigenvalue weighted by Gasteiger charge is 2.17. The van der Waals surface area contributed by atoms with E-state index in [0.717, 1.165) is 0 Å². The normalized spacial score (nSPS) is 10.4. The van der Waals surface area contributed by atoms with Gasteiger partial charge in [0.1, 0.15) is 12.4 Å². The molecule has 1 heterocycles. The molecule has 0 aromatic carbocycles. The first-order chi connectivity index (χ1) is 8.54. The fraction of sp³-hybridized carbons (Fsp3) is 0.545. The summed E-state index contributed by atoms with van der Waals surface area (Å²) in [5.74, 6) is 0.628. The fourth-order valence-corrected chi connectivity index (χ4v) is 1.28. The largest absolute Gasteiger partial charge is 0.471 e. The standard InChI is InChI=1S/C11H18N4O3/c1-4-12-10-6-5-9(15(16)17)11(13-10)18-8-7-14(2)3/h5-6H,4,7-8H2,1-3H3,(H,12,13).